The zero-order chi connectivity index (χ0) is 20.7. The summed E-state index contributed by atoms with van der Waals surface area (Å²) in [6, 6.07) is 15.2. The molecule has 0 radical (unpaired) electrons. The molecular formula is C24H30N2O2. The van der Waals surface area contributed by atoms with Gasteiger partial charge >= 0.3 is 0 Å². The van der Waals surface area contributed by atoms with Crippen LogP contribution in [-0.2, 0) is 10.2 Å². The molecule has 0 heterocycles. The Balaban J connectivity index is 2.05. The van der Waals surface area contributed by atoms with Gasteiger partial charge in [0, 0.05) is 12.6 Å². The summed E-state index contributed by atoms with van der Waals surface area (Å²) in [4.78, 5) is 24.7. The molecule has 2 amide bonds. The minimum absolute atomic E-state index is 0.0967. The van der Waals surface area contributed by atoms with Crippen LogP contribution < -0.4 is 10.6 Å². The highest BCUT2D eigenvalue weighted by atomic mass is 16.2. The summed E-state index contributed by atoms with van der Waals surface area (Å²) in [7, 11) is 0. The molecule has 4 heteroatoms. The smallest absolute Gasteiger partial charge is 0.253 e. The Labute approximate surface area is 168 Å². The Kier molecular flexibility index (Phi) is 7.16. The molecule has 0 saturated carbocycles. The average molecular weight is 379 g/mol. The van der Waals surface area contributed by atoms with E-state index in [0.717, 1.165) is 5.56 Å². The highest BCUT2D eigenvalue weighted by Crippen LogP contribution is 2.22. The standard InChI is InChI=1S/C24H30N2O2/c1-17(2)16-25-23(28)20-8-6-7-9-21(20)26-22(27)15-12-18-10-13-19(14-11-18)24(3,4)5/h6-15,17H,16H2,1-5H3,(H,25,28)(H,26,27)/b15-12+. The lowest BCUT2D eigenvalue weighted by Crippen LogP contribution is -2.28. The molecule has 148 valence electrons. The number of nitrogens with one attached hydrogen (secondary N) is 2. The zero-order valence-corrected chi connectivity index (χ0v) is 17.4. The quantitative estimate of drug-likeness (QED) is 0.693. The Bertz CT molecular complexity index is 844. The molecular weight excluding hydrogens is 348 g/mol. The van der Waals surface area contributed by atoms with Crippen molar-refractivity contribution >= 4 is 23.6 Å². The van der Waals surface area contributed by atoms with Crippen LogP contribution in [0.5, 0.6) is 0 Å². The van der Waals surface area contributed by atoms with Gasteiger partial charge in [0.05, 0.1) is 11.3 Å². The van der Waals surface area contributed by atoms with Crippen LogP contribution >= 0.6 is 0 Å². The van der Waals surface area contributed by atoms with Gasteiger partial charge < -0.3 is 10.6 Å². The molecule has 2 N–H and O–H groups in total. The minimum atomic E-state index is -0.274. The molecule has 28 heavy (non-hydrogen) atoms. The van der Waals surface area contributed by atoms with Crippen molar-refractivity contribution in [1.29, 1.82) is 0 Å². The van der Waals surface area contributed by atoms with Crippen molar-refractivity contribution in [1.82, 2.24) is 5.32 Å². The number of anilines is 1. The van der Waals surface area contributed by atoms with E-state index in [1.165, 1.54) is 11.6 Å². The molecule has 0 saturated heterocycles. The van der Waals surface area contributed by atoms with Gasteiger partial charge in [-0.05, 0) is 40.7 Å². The van der Waals surface area contributed by atoms with Crippen molar-refractivity contribution in [2.45, 2.75) is 40.0 Å². The van der Waals surface area contributed by atoms with Gasteiger partial charge in [-0.2, -0.15) is 0 Å². The zero-order valence-electron chi connectivity index (χ0n) is 17.4. The first-order valence-electron chi connectivity index (χ1n) is 9.63. The predicted octanol–water partition coefficient (Wildman–Crippen LogP) is 5.02. The number of carbonyl (C=O) groups is 2. The molecule has 2 rings (SSSR count). The largest absolute Gasteiger partial charge is 0.352 e. The molecule has 0 fully saturated rings. The fourth-order valence-electron chi connectivity index (χ4n) is 2.62. The fourth-order valence-corrected chi connectivity index (χ4v) is 2.62. The van der Waals surface area contributed by atoms with Crippen LogP contribution in [0.1, 0.15) is 56.1 Å². The van der Waals surface area contributed by atoms with Crippen molar-refractivity contribution in [3.05, 3.63) is 71.3 Å². The van der Waals surface area contributed by atoms with E-state index in [0.29, 0.717) is 23.7 Å². The van der Waals surface area contributed by atoms with Crippen molar-refractivity contribution in [2.24, 2.45) is 5.92 Å². The molecule has 0 spiro atoms. The molecule has 0 atom stereocenters. The van der Waals surface area contributed by atoms with E-state index in [1.54, 1.807) is 30.3 Å². The van der Waals surface area contributed by atoms with Gasteiger partial charge in [-0.25, -0.2) is 0 Å². The molecule has 4 nitrogen and oxygen atoms in total. The van der Waals surface area contributed by atoms with Crippen molar-refractivity contribution < 1.29 is 9.59 Å². The topological polar surface area (TPSA) is 58.2 Å². The lowest BCUT2D eigenvalue weighted by atomic mass is 9.87. The first-order valence-corrected chi connectivity index (χ1v) is 9.63. The number of amides is 2. The second kappa shape index (κ2) is 9.36. The highest BCUT2D eigenvalue weighted by Gasteiger charge is 2.13. The Morgan fingerprint density at radius 3 is 2.25 bits per heavy atom. The van der Waals surface area contributed by atoms with Crippen molar-refractivity contribution in [3.63, 3.8) is 0 Å². The van der Waals surface area contributed by atoms with Gasteiger partial charge in [0.1, 0.15) is 0 Å². The van der Waals surface area contributed by atoms with Crippen LogP contribution in [0, 0.1) is 5.92 Å². The predicted molar refractivity (Wildman–Crippen MR) is 116 cm³/mol. The first-order chi connectivity index (χ1) is 13.2. The van der Waals surface area contributed by atoms with E-state index in [9.17, 15) is 9.59 Å². The number of benzene rings is 2. The lowest BCUT2D eigenvalue weighted by Gasteiger charge is -2.18. The van der Waals surface area contributed by atoms with Crippen LogP contribution in [0.15, 0.2) is 54.6 Å². The summed E-state index contributed by atoms with van der Waals surface area (Å²) >= 11 is 0. The maximum atomic E-state index is 12.4. The summed E-state index contributed by atoms with van der Waals surface area (Å²) in [6.07, 6.45) is 3.25. The molecule has 2 aromatic carbocycles. The van der Waals surface area contributed by atoms with E-state index < -0.39 is 0 Å². The normalized spacial score (nSPS) is 11.6. The van der Waals surface area contributed by atoms with Crippen molar-refractivity contribution in [3.8, 4) is 0 Å². The second-order valence-corrected chi connectivity index (χ2v) is 8.34. The number of hydrogen-bond donors (Lipinski definition) is 2. The van der Waals surface area contributed by atoms with E-state index >= 15 is 0 Å². The fraction of sp³-hybridized carbons (Fsp3) is 0.333. The Hall–Kier alpha value is -2.88. The van der Waals surface area contributed by atoms with Crippen LogP contribution in [0.3, 0.4) is 0 Å². The summed E-state index contributed by atoms with van der Waals surface area (Å²) in [5.74, 6) is -0.103. The SMILES string of the molecule is CC(C)CNC(=O)c1ccccc1NC(=O)/C=C/c1ccc(C(C)(C)C)cc1. The second-order valence-electron chi connectivity index (χ2n) is 8.34. The first kappa shape index (κ1) is 21.4. The van der Waals surface area contributed by atoms with Gasteiger partial charge in [0.15, 0.2) is 0 Å². The Morgan fingerprint density at radius 2 is 1.64 bits per heavy atom. The van der Waals surface area contributed by atoms with Gasteiger partial charge in [0.25, 0.3) is 5.91 Å². The number of hydrogen-bond acceptors (Lipinski definition) is 2. The third kappa shape index (κ3) is 6.38. The van der Waals surface area contributed by atoms with E-state index in [-0.39, 0.29) is 17.2 Å². The molecule has 2 aromatic rings. The molecule has 0 aliphatic rings. The van der Waals surface area contributed by atoms with Gasteiger partial charge in [0.2, 0.25) is 5.91 Å². The molecule has 0 aliphatic carbocycles. The molecule has 0 aliphatic heterocycles. The van der Waals surface area contributed by atoms with Crippen LogP contribution in [0.25, 0.3) is 6.08 Å². The van der Waals surface area contributed by atoms with E-state index in [4.69, 9.17) is 0 Å². The number of carbonyl (C=O) groups excluding carboxylic acids is 2. The minimum Gasteiger partial charge on any atom is -0.352 e. The van der Waals surface area contributed by atoms with E-state index in [1.807, 2.05) is 26.0 Å². The summed E-state index contributed by atoms with van der Waals surface area (Å²) in [6.45, 7) is 11.2. The number of para-hydroxylation sites is 1. The van der Waals surface area contributed by atoms with E-state index in [2.05, 4.69) is 43.5 Å². The van der Waals surface area contributed by atoms with Crippen molar-refractivity contribution in [2.75, 3.05) is 11.9 Å². The maximum absolute atomic E-state index is 12.4. The van der Waals surface area contributed by atoms with Gasteiger partial charge in [-0.3, -0.25) is 9.59 Å². The molecule has 0 unspecified atom stereocenters. The maximum Gasteiger partial charge on any atom is 0.253 e. The summed E-state index contributed by atoms with van der Waals surface area (Å²) < 4.78 is 0. The highest BCUT2D eigenvalue weighted by molar-refractivity contribution is 6.07. The van der Waals surface area contributed by atoms with Crippen LogP contribution in [0.2, 0.25) is 0 Å². The van der Waals surface area contributed by atoms with Gasteiger partial charge in [-0.15, -0.1) is 0 Å². The van der Waals surface area contributed by atoms with Gasteiger partial charge in [-0.1, -0.05) is 71.0 Å². The monoisotopic (exact) mass is 378 g/mol. The molecule has 0 aromatic heterocycles. The third-order valence-electron chi connectivity index (χ3n) is 4.30. The van der Waals surface area contributed by atoms with Crippen LogP contribution in [0.4, 0.5) is 5.69 Å². The summed E-state index contributed by atoms with van der Waals surface area (Å²) in [5.41, 5.74) is 3.25. The number of rotatable bonds is 6. The third-order valence-corrected chi connectivity index (χ3v) is 4.30. The molecule has 0 bridgehead atoms. The average Bonchev–Trinajstić information content (AvgIpc) is 2.64. The summed E-state index contributed by atoms with van der Waals surface area (Å²) in [5, 5.41) is 5.68. The lowest BCUT2D eigenvalue weighted by molar-refractivity contribution is -0.111. The van der Waals surface area contributed by atoms with Crippen LogP contribution in [-0.4, -0.2) is 18.4 Å². The Morgan fingerprint density at radius 1 is 1.00 bits per heavy atom.